The van der Waals surface area contributed by atoms with Crippen molar-refractivity contribution in [1.29, 1.82) is 0 Å². The smallest absolute Gasteiger partial charge is 0.490 e. The Kier molecular flexibility index (Phi) is 11.4. The van der Waals surface area contributed by atoms with Crippen LogP contribution in [-0.2, 0) is 21.4 Å². The number of ether oxygens (including phenoxy) is 1. The van der Waals surface area contributed by atoms with Crippen LogP contribution in [0.2, 0.25) is 0 Å². The number of carboxylic acid groups (broad SMARTS) is 1. The van der Waals surface area contributed by atoms with E-state index in [2.05, 4.69) is 16.8 Å². The minimum Gasteiger partial charge on any atom is -0.497 e. The number of carbonyl (C=O) groups is 2. The Bertz CT molecular complexity index is 1460. The van der Waals surface area contributed by atoms with Crippen molar-refractivity contribution in [1.82, 2.24) is 19.0 Å². The van der Waals surface area contributed by atoms with Gasteiger partial charge in [0, 0.05) is 45.3 Å². The molecule has 1 N–H and O–H groups in total. The average Bonchev–Trinajstić information content (AvgIpc) is 3.71. The van der Waals surface area contributed by atoms with Crippen LogP contribution in [0, 0.1) is 19.8 Å². The summed E-state index contributed by atoms with van der Waals surface area (Å²) in [4.78, 5) is 29.2. The molecule has 2 aromatic rings. The summed E-state index contributed by atoms with van der Waals surface area (Å²) in [5, 5.41) is 7.12. The molecule has 11 nitrogen and oxygen atoms in total. The number of hydrogen-bond acceptors (Lipinski definition) is 8. The molecule has 1 aromatic heterocycles. The number of rotatable bonds is 9. The van der Waals surface area contributed by atoms with Gasteiger partial charge in [-0.1, -0.05) is 0 Å². The number of piperazine rings is 1. The van der Waals surface area contributed by atoms with Crippen LogP contribution in [0.4, 0.5) is 13.2 Å². The zero-order valence-electron chi connectivity index (χ0n) is 26.7. The third kappa shape index (κ3) is 9.02. The molecule has 15 heteroatoms. The van der Waals surface area contributed by atoms with Crippen molar-refractivity contribution in [3.63, 3.8) is 0 Å². The van der Waals surface area contributed by atoms with Crippen LogP contribution in [0.1, 0.15) is 52.9 Å². The second-order valence-electron chi connectivity index (χ2n) is 12.3. The van der Waals surface area contributed by atoms with Gasteiger partial charge in [0.15, 0.2) is 0 Å². The van der Waals surface area contributed by atoms with Gasteiger partial charge in [-0.25, -0.2) is 13.2 Å². The van der Waals surface area contributed by atoms with E-state index in [0.717, 1.165) is 39.0 Å². The fourth-order valence-electron chi connectivity index (χ4n) is 6.16. The summed E-state index contributed by atoms with van der Waals surface area (Å²) >= 11 is 0. The van der Waals surface area contributed by atoms with Gasteiger partial charge in [-0.3, -0.25) is 9.69 Å². The van der Waals surface area contributed by atoms with Gasteiger partial charge in [-0.05, 0) is 88.4 Å². The molecule has 3 aliphatic rings. The number of carbonyl (C=O) groups excluding carboxylic acids is 1. The van der Waals surface area contributed by atoms with Crippen molar-refractivity contribution >= 4 is 21.9 Å². The van der Waals surface area contributed by atoms with Crippen LogP contribution in [0.3, 0.4) is 0 Å². The largest absolute Gasteiger partial charge is 0.497 e. The molecule has 0 bridgehead atoms. The fraction of sp³-hybridized carbons (Fsp3) is 0.613. The average molecular weight is 673 g/mol. The minimum absolute atomic E-state index is 0.0512. The first-order valence-electron chi connectivity index (χ1n) is 15.3. The molecule has 1 aromatic carbocycles. The molecule has 2 aliphatic heterocycles. The molecule has 1 saturated carbocycles. The molecule has 2 saturated heterocycles. The first-order valence-corrected chi connectivity index (χ1v) is 16.8. The number of nitrogens with zero attached hydrogens (tertiary/aromatic N) is 4. The number of methoxy groups -OCH3 is 1. The van der Waals surface area contributed by atoms with Gasteiger partial charge in [0.1, 0.15) is 17.8 Å². The second-order valence-corrected chi connectivity index (χ2v) is 14.2. The van der Waals surface area contributed by atoms with Crippen LogP contribution in [0.5, 0.6) is 5.75 Å². The van der Waals surface area contributed by atoms with E-state index in [0.29, 0.717) is 52.1 Å². The summed E-state index contributed by atoms with van der Waals surface area (Å²) in [6, 6.07) is 5.16. The van der Waals surface area contributed by atoms with Crippen molar-refractivity contribution in [2.75, 3.05) is 60.0 Å². The van der Waals surface area contributed by atoms with Gasteiger partial charge in [0.25, 0.3) is 5.91 Å². The summed E-state index contributed by atoms with van der Waals surface area (Å²) in [6.45, 7) is 10.3. The Morgan fingerprint density at radius 1 is 1.04 bits per heavy atom. The van der Waals surface area contributed by atoms with Crippen molar-refractivity contribution in [2.24, 2.45) is 5.92 Å². The van der Waals surface area contributed by atoms with E-state index in [1.54, 1.807) is 39.2 Å². The lowest BCUT2D eigenvalue weighted by Crippen LogP contribution is -2.50. The Balaban J connectivity index is 0.000000617. The van der Waals surface area contributed by atoms with Gasteiger partial charge >= 0.3 is 12.1 Å². The van der Waals surface area contributed by atoms with Crippen molar-refractivity contribution in [3.8, 4) is 5.75 Å². The highest BCUT2D eigenvalue weighted by atomic mass is 32.2. The molecule has 46 heavy (non-hydrogen) atoms. The van der Waals surface area contributed by atoms with E-state index in [1.807, 2.05) is 4.90 Å². The highest BCUT2D eigenvalue weighted by molar-refractivity contribution is 7.89. The molecule has 1 atom stereocenters. The van der Waals surface area contributed by atoms with E-state index in [9.17, 15) is 26.4 Å². The van der Waals surface area contributed by atoms with Gasteiger partial charge in [-0.2, -0.15) is 17.5 Å². The predicted octanol–water partition coefficient (Wildman–Crippen LogP) is 3.99. The molecular formula is C31H43F3N4O7S. The lowest BCUT2D eigenvalue weighted by atomic mass is 9.97. The van der Waals surface area contributed by atoms with E-state index in [-0.39, 0.29) is 18.5 Å². The van der Waals surface area contributed by atoms with Crippen molar-refractivity contribution in [2.45, 2.75) is 63.2 Å². The number of hydrogen-bond donors (Lipinski definition) is 1. The van der Waals surface area contributed by atoms with Gasteiger partial charge < -0.3 is 24.1 Å². The number of aliphatic carboxylic acids is 1. The van der Waals surface area contributed by atoms with Crippen molar-refractivity contribution < 1.29 is 45.4 Å². The van der Waals surface area contributed by atoms with Gasteiger partial charge in [0.05, 0.1) is 24.1 Å². The molecule has 3 fully saturated rings. The van der Waals surface area contributed by atoms with E-state index in [1.165, 1.54) is 30.0 Å². The zero-order valence-corrected chi connectivity index (χ0v) is 27.5. The number of benzene rings is 1. The normalized spacial score (nSPS) is 19.9. The molecular weight excluding hydrogens is 629 g/mol. The zero-order chi connectivity index (χ0) is 33.8. The minimum atomic E-state index is -5.08. The maximum Gasteiger partial charge on any atom is 0.490 e. The summed E-state index contributed by atoms with van der Waals surface area (Å²) in [6.07, 6.45) is 0.583. The van der Waals surface area contributed by atoms with E-state index >= 15 is 0 Å². The molecule has 1 amide bonds. The molecule has 1 aliphatic carbocycles. The third-order valence-corrected chi connectivity index (χ3v) is 10.7. The lowest BCUT2D eigenvalue weighted by molar-refractivity contribution is -0.192. The number of piperidine rings is 1. The maximum atomic E-state index is 13.8. The highest BCUT2D eigenvalue weighted by Crippen LogP contribution is 2.37. The molecule has 1 unspecified atom stereocenters. The van der Waals surface area contributed by atoms with E-state index < -0.39 is 22.2 Å². The summed E-state index contributed by atoms with van der Waals surface area (Å²) < 4.78 is 71.9. The number of alkyl halides is 3. The Hall–Kier alpha value is -3.14. The van der Waals surface area contributed by atoms with Crippen molar-refractivity contribution in [3.05, 3.63) is 46.9 Å². The Morgan fingerprint density at radius 2 is 1.65 bits per heavy atom. The van der Waals surface area contributed by atoms with Crippen LogP contribution in [0.15, 0.2) is 33.8 Å². The number of halogens is 3. The third-order valence-electron chi connectivity index (χ3n) is 8.54. The number of sulfonamides is 1. The van der Waals surface area contributed by atoms with E-state index in [4.69, 9.17) is 19.1 Å². The molecule has 0 spiro atoms. The Labute approximate surface area is 267 Å². The van der Waals surface area contributed by atoms with Crippen LogP contribution >= 0.6 is 0 Å². The Morgan fingerprint density at radius 3 is 2.17 bits per heavy atom. The molecule has 0 radical (unpaired) electrons. The summed E-state index contributed by atoms with van der Waals surface area (Å²) in [5.41, 5.74) is 1.79. The van der Waals surface area contributed by atoms with Gasteiger partial charge in [-0.15, -0.1) is 0 Å². The monoisotopic (exact) mass is 672 g/mol. The first kappa shape index (κ1) is 35.7. The number of amides is 1. The number of likely N-dealkylation sites (tertiary alicyclic amines) is 1. The van der Waals surface area contributed by atoms with Crippen LogP contribution < -0.4 is 4.74 Å². The number of furan rings is 1. The van der Waals surface area contributed by atoms with Crippen LogP contribution in [-0.4, -0.2) is 117 Å². The summed E-state index contributed by atoms with van der Waals surface area (Å²) in [7, 11) is 0.00927. The standard InChI is InChI=1S/C29H42N4O5S.C2HF3O2/c1-21-14-26(37-4)15-22(2)28(21)39(35,36)33(25-7-8-25)19-27-16-24(20-38-27)29(34)32-12-10-31(11-13-32)18-23-6-5-9-30(3)17-23;3-2(4,5)1(6)7/h14-16,20,23,25H,5-13,17-19H2,1-4H3;(H,6,7). The number of carboxylic acids is 1. The van der Waals surface area contributed by atoms with Gasteiger partial charge in [0.2, 0.25) is 10.0 Å². The highest BCUT2D eigenvalue weighted by Gasteiger charge is 2.40. The quantitative estimate of drug-likeness (QED) is 0.421. The lowest BCUT2D eigenvalue weighted by Gasteiger charge is -2.38. The SMILES string of the molecule is COc1cc(C)c(S(=O)(=O)N(Cc2cc(C(=O)N3CCN(CC4CCCN(C)C4)CC3)co2)C2CC2)c(C)c1.O=C(O)C(F)(F)F. The number of aryl methyl sites for hydroxylation is 2. The summed E-state index contributed by atoms with van der Waals surface area (Å²) in [5.74, 6) is -0.980. The maximum absolute atomic E-state index is 13.8. The second kappa shape index (κ2) is 14.7. The topological polar surface area (TPSA) is 124 Å². The molecule has 5 rings (SSSR count). The first-order chi connectivity index (χ1) is 21.6. The van der Waals surface area contributed by atoms with Crippen LogP contribution in [0.25, 0.3) is 0 Å². The molecule has 3 heterocycles. The fourth-order valence-corrected chi connectivity index (χ4v) is 8.22. The molecule has 256 valence electrons. The predicted molar refractivity (Wildman–Crippen MR) is 163 cm³/mol.